The van der Waals surface area contributed by atoms with Gasteiger partial charge in [-0.25, -0.2) is 0 Å². The van der Waals surface area contributed by atoms with Crippen LogP contribution in [-0.2, 0) is 11.2 Å². The van der Waals surface area contributed by atoms with Crippen LogP contribution in [0.2, 0.25) is 0 Å². The number of phenolic OH excluding ortho intramolecular Hbond substituents is 1. The zero-order valence-electron chi connectivity index (χ0n) is 11.2. The summed E-state index contributed by atoms with van der Waals surface area (Å²) in [4.78, 5) is 4.36. The molecule has 1 aromatic heterocycles. The summed E-state index contributed by atoms with van der Waals surface area (Å²) >= 11 is 0. The monoisotopic (exact) mass is 276 g/mol. The van der Waals surface area contributed by atoms with Crippen LogP contribution < -0.4 is 4.74 Å². The molecule has 0 aliphatic carbocycles. The van der Waals surface area contributed by atoms with Gasteiger partial charge in [-0.1, -0.05) is 5.16 Å². The number of aromatic hydroxyl groups is 1. The lowest BCUT2D eigenvalue weighted by Crippen LogP contribution is -2.04. The van der Waals surface area contributed by atoms with Gasteiger partial charge in [0.2, 0.25) is 0 Å². The van der Waals surface area contributed by atoms with Crippen LogP contribution in [0, 0.1) is 5.92 Å². The first-order valence-corrected chi connectivity index (χ1v) is 6.54. The van der Waals surface area contributed by atoms with Gasteiger partial charge in [0, 0.05) is 25.2 Å². The fourth-order valence-electron chi connectivity index (χ4n) is 2.28. The predicted molar refractivity (Wildman–Crippen MR) is 70.6 cm³/mol. The van der Waals surface area contributed by atoms with Gasteiger partial charge in [-0.15, -0.1) is 0 Å². The van der Waals surface area contributed by atoms with Crippen LogP contribution in [0.25, 0.3) is 11.5 Å². The third kappa shape index (κ3) is 2.60. The van der Waals surface area contributed by atoms with E-state index in [4.69, 9.17) is 14.0 Å². The molecule has 3 rings (SSSR count). The zero-order valence-corrected chi connectivity index (χ0v) is 11.2. The number of phenols is 1. The summed E-state index contributed by atoms with van der Waals surface area (Å²) in [7, 11) is 1.50. The summed E-state index contributed by atoms with van der Waals surface area (Å²) in [5, 5.41) is 13.7. The van der Waals surface area contributed by atoms with Crippen molar-refractivity contribution in [1.29, 1.82) is 0 Å². The molecule has 0 radical (unpaired) electrons. The molecule has 2 aromatic rings. The molecular weight excluding hydrogens is 260 g/mol. The van der Waals surface area contributed by atoms with Crippen molar-refractivity contribution in [1.82, 2.24) is 10.1 Å². The van der Waals surface area contributed by atoms with Crippen molar-refractivity contribution in [2.45, 2.75) is 12.8 Å². The number of hydrogen-bond acceptors (Lipinski definition) is 6. The summed E-state index contributed by atoms with van der Waals surface area (Å²) < 4.78 is 15.6. The van der Waals surface area contributed by atoms with Crippen molar-refractivity contribution >= 4 is 0 Å². The maximum Gasteiger partial charge on any atom is 0.258 e. The Bertz CT molecular complexity index is 591. The largest absolute Gasteiger partial charge is 0.504 e. The number of methoxy groups -OCH3 is 1. The van der Waals surface area contributed by atoms with Gasteiger partial charge >= 0.3 is 0 Å². The molecule has 0 bridgehead atoms. The highest BCUT2D eigenvalue weighted by atomic mass is 16.5. The van der Waals surface area contributed by atoms with E-state index in [1.54, 1.807) is 18.2 Å². The molecule has 106 valence electrons. The fourth-order valence-corrected chi connectivity index (χ4v) is 2.28. The van der Waals surface area contributed by atoms with E-state index >= 15 is 0 Å². The van der Waals surface area contributed by atoms with Crippen LogP contribution in [0.4, 0.5) is 0 Å². The van der Waals surface area contributed by atoms with Gasteiger partial charge < -0.3 is 19.1 Å². The van der Waals surface area contributed by atoms with E-state index in [2.05, 4.69) is 10.1 Å². The van der Waals surface area contributed by atoms with Crippen molar-refractivity contribution in [2.75, 3.05) is 20.3 Å². The van der Waals surface area contributed by atoms with E-state index in [1.807, 2.05) is 0 Å². The quantitative estimate of drug-likeness (QED) is 0.920. The zero-order chi connectivity index (χ0) is 13.9. The van der Waals surface area contributed by atoms with Crippen LogP contribution in [0.15, 0.2) is 22.7 Å². The van der Waals surface area contributed by atoms with Crippen LogP contribution >= 0.6 is 0 Å². The second-order valence-corrected chi connectivity index (χ2v) is 4.84. The molecule has 1 atom stereocenters. The number of rotatable bonds is 4. The Labute approximate surface area is 116 Å². The Kier molecular flexibility index (Phi) is 3.56. The van der Waals surface area contributed by atoms with Crippen molar-refractivity contribution in [3.05, 3.63) is 24.0 Å². The van der Waals surface area contributed by atoms with Gasteiger partial charge in [-0.05, 0) is 30.5 Å². The highest BCUT2D eigenvalue weighted by Gasteiger charge is 2.19. The highest BCUT2D eigenvalue weighted by molar-refractivity contribution is 5.59. The summed E-state index contributed by atoms with van der Waals surface area (Å²) in [6.07, 6.45) is 1.79. The Morgan fingerprint density at radius 2 is 2.35 bits per heavy atom. The molecule has 6 heteroatoms. The van der Waals surface area contributed by atoms with Crippen molar-refractivity contribution in [3.63, 3.8) is 0 Å². The Hall–Kier alpha value is -2.08. The Morgan fingerprint density at radius 1 is 1.45 bits per heavy atom. The molecular formula is C14H16N2O4. The molecule has 20 heavy (non-hydrogen) atoms. The first-order valence-electron chi connectivity index (χ1n) is 6.54. The lowest BCUT2D eigenvalue weighted by Gasteiger charge is -2.03. The van der Waals surface area contributed by atoms with Crippen molar-refractivity contribution in [3.8, 4) is 23.0 Å². The van der Waals surface area contributed by atoms with Crippen molar-refractivity contribution < 1.29 is 19.1 Å². The van der Waals surface area contributed by atoms with E-state index in [-0.39, 0.29) is 5.75 Å². The lowest BCUT2D eigenvalue weighted by atomic mass is 10.1. The molecule has 1 N–H and O–H groups in total. The smallest absolute Gasteiger partial charge is 0.258 e. The first-order chi connectivity index (χ1) is 9.76. The topological polar surface area (TPSA) is 77.6 Å². The summed E-state index contributed by atoms with van der Waals surface area (Å²) in [6, 6.07) is 4.99. The first kappa shape index (κ1) is 12.9. The van der Waals surface area contributed by atoms with Crippen LogP contribution in [0.3, 0.4) is 0 Å². The molecule has 1 aliphatic heterocycles. The van der Waals surface area contributed by atoms with Gasteiger partial charge in [0.05, 0.1) is 7.11 Å². The minimum absolute atomic E-state index is 0.0499. The molecule has 1 unspecified atom stereocenters. The molecule has 1 saturated heterocycles. The normalized spacial score (nSPS) is 18.4. The average Bonchev–Trinajstić information content (AvgIpc) is 3.11. The minimum Gasteiger partial charge on any atom is -0.504 e. The van der Waals surface area contributed by atoms with Gasteiger partial charge in [-0.3, -0.25) is 0 Å². The molecule has 6 nitrogen and oxygen atoms in total. The summed E-state index contributed by atoms with van der Waals surface area (Å²) in [5.74, 6) is 2.00. The minimum atomic E-state index is 0.0499. The molecule has 1 fully saturated rings. The number of benzene rings is 1. The van der Waals surface area contributed by atoms with Gasteiger partial charge in [0.15, 0.2) is 17.3 Å². The standard InChI is InChI=1S/C14H16N2O4/c1-18-12-3-2-10(7-11(12)17)14-15-13(16-20-14)6-9-4-5-19-8-9/h2-3,7,9,17H,4-6,8H2,1H3. The average molecular weight is 276 g/mol. The number of aromatic nitrogens is 2. The fraction of sp³-hybridized carbons (Fsp3) is 0.429. The third-order valence-corrected chi connectivity index (χ3v) is 3.39. The lowest BCUT2D eigenvalue weighted by molar-refractivity contribution is 0.185. The van der Waals surface area contributed by atoms with Gasteiger partial charge in [0.1, 0.15) is 0 Å². The molecule has 0 saturated carbocycles. The second kappa shape index (κ2) is 5.50. The number of nitrogens with zero attached hydrogens (tertiary/aromatic N) is 2. The molecule has 0 amide bonds. The summed E-state index contributed by atoms with van der Waals surface area (Å²) in [6.45, 7) is 1.56. The second-order valence-electron chi connectivity index (χ2n) is 4.84. The van der Waals surface area contributed by atoms with Crippen molar-refractivity contribution in [2.24, 2.45) is 5.92 Å². The third-order valence-electron chi connectivity index (χ3n) is 3.39. The van der Waals surface area contributed by atoms with E-state index < -0.39 is 0 Å². The van der Waals surface area contributed by atoms with E-state index in [0.29, 0.717) is 28.9 Å². The maximum absolute atomic E-state index is 9.76. The number of ether oxygens (including phenoxy) is 2. The van der Waals surface area contributed by atoms with E-state index in [0.717, 1.165) is 26.1 Å². The molecule has 2 heterocycles. The van der Waals surface area contributed by atoms with Gasteiger partial charge in [-0.2, -0.15) is 4.98 Å². The van der Waals surface area contributed by atoms with Crippen LogP contribution in [0.5, 0.6) is 11.5 Å². The van der Waals surface area contributed by atoms with Crippen LogP contribution in [0.1, 0.15) is 12.2 Å². The predicted octanol–water partition coefficient (Wildman–Crippen LogP) is 2.03. The molecule has 0 spiro atoms. The van der Waals surface area contributed by atoms with E-state index in [9.17, 15) is 5.11 Å². The van der Waals surface area contributed by atoms with E-state index in [1.165, 1.54) is 7.11 Å². The molecule has 1 aliphatic rings. The molecule has 1 aromatic carbocycles. The van der Waals surface area contributed by atoms with Crippen LogP contribution in [-0.4, -0.2) is 35.6 Å². The maximum atomic E-state index is 9.76. The SMILES string of the molecule is COc1ccc(-c2nc(CC3CCOC3)no2)cc1O. The Morgan fingerprint density at radius 3 is 3.05 bits per heavy atom. The summed E-state index contributed by atoms with van der Waals surface area (Å²) in [5.41, 5.74) is 0.671. The number of hydrogen-bond donors (Lipinski definition) is 1. The van der Waals surface area contributed by atoms with Gasteiger partial charge in [0.25, 0.3) is 5.89 Å². The highest BCUT2D eigenvalue weighted by Crippen LogP contribution is 2.30. The Balaban J connectivity index is 1.77.